The number of fused-ring (bicyclic) bond motifs is 2. The molecule has 1 aromatic heterocycles. The first-order chi connectivity index (χ1) is 17.5. The largest absolute Gasteiger partial charge is 0.489 e. The summed E-state index contributed by atoms with van der Waals surface area (Å²) in [5.74, 6) is -0.0482. The van der Waals surface area contributed by atoms with Crippen LogP contribution in [0.1, 0.15) is 24.3 Å². The van der Waals surface area contributed by atoms with Crippen LogP contribution in [0.25, 0.3) is 11.0 Å². The van der Waals surface area contributed by atoms with Gasteiger partial charge in [-0.2, -0.15) is 0 Å². The summed E-state index contributed by atoms with van der Waals surface area (Å²) < 4.78 is 11.8. The zero-order valence-electron chi connectivity index (χ0n) is 19.5. The number of imide groups is 1. The van der Waals surface area contributed by atoms with Gasteiger partial charge in [-0.1, -0.05) is 60.7 Å². The van der Waals surface area contributed by atoms with Crippen molar-refractivity contribution in [1.29, 1.82) is 0 Å². The van der Waals surface area contributed by atoms with E-state index in [4.69, 9.17) is 9.15 Å². The molecule has 3 heterocycles. The Bertz CT molecular complexity index is 1460. The van der Waals surface area contributed by atoms with E-state index in [0.717, 1.165) is 15.8 Å². The summed E-state index contributed by atoms with van der Waals surface area (Å²) in [4.78, 5) is 42.8. The van der Waals surface area contributed by atoms with Crippen LogP contribution in [0.5, 0.6) is 5.75 Å². The molecular weight excluding hydrogens is 458 g/mol. The van der Waals surface area contributed by atoms with Gasteiger partial charge in [0, 0.05) is 5.39 Å². The molecule has 2 aliphatic heterocycles. The van der Waals surface area contributed by atoms with Gasteiger partial charge in [0.05, 0.1) is 11.7 Å². The van der Waals surface area contributed by atoms with Crippen molar-refractivity contribution in [3.63, 3.8) is 0 Å². The lowest BCUT2D eigenvalue weighted by Gasteiger charge is -2.37. The predicted molar refractivity (Wildman–Crippen MR) is 132 cm³/mol. The van der Waals surface area contributed by atoms with E-state index in [0.29, 0.717) is 22.8 Å². The number of hydrogen-bond donors (Lipinski definition) is 1. The number of furan rings is 1. The number of anilines is 1. The van der Waals surface area contributed by atoms with E-state index >= 15 is 0 Å². The van der Waals surface area contributed by atoms with E-state index in [1.807, 2.05) is 60.7 Å². The van der Waals surface area contributed by atoms with Crippen LogP contribution in [0.3, 0.4) is 0 Å². The molecule has 8 heteroatoms. The van der Waals surface area contributed by atoms with Crippen LogP contribution in [0.15, 0.2) is 89.3 Å². The summed E-state index contributed by atoms with van der Waals surface area (Å²) in [5.41, 5.74) is 0.679. The lowest BCUT2D eigenvalue weighted by molar-refractivity contribution is -0.134. The minimum Gasteiger partial charge on any atom is -0.489 e. The van der Waals surface area contributed by atoms with Crippen LogP contribution < -0.4 is 15.0 Å². The fourth-order valence-corrected chi connectivity index (χ4v) is 4.87. The fourth-order valence-electron chi connectivity index (χ4n) is 4.87. The molecule has 3 aromatic carbocycles. The first kappa shape index (κ1) is 21.9. The molecule has 0 aliphatic carbocycles. The van der Waals surface area contributed by atoms with E-state index in [1.165, 1.54) is 0 Å². The van der Waals surface area contributed by atoms with E-state index < -0.39 is 36.0 Å². The molecule has 0 radical (unpaired) electrons. The molecule has 180 valence electrons. The number of carbonyl (C=O) groups is 3. The van der Waals surface area contributed by atoms with Gasteiger partial charge < -0.3 is 14.5 Å². The molecule has 0 unspecified atom stereocenters. The van der Waals surface area contributed by atoms with E-state index in [9.17, 15) is 14.4 Å². The fraction of sp³-hybridized carbons (Fsp3) is 0.179. The van der Waals surface area contributed by atoms with Gasteiger partial charge in [-0.3, -0.25) is 19.4 Å². The number of hydrogen-bond acceptors (Lipinski definition) is 5. The van der Waals surface area contributed by atoms with E-state index in [2.05, 4.69) is 5.32 Å². The zero-order chi connectivity index (χ0) is 24.9. The molecule has 2 aliphatic rings. The summed E-state index contributed by atoms with van der Waals surface area (Å²) in [6, 6.07) is 24.9. The molecule has 6 rings (SSSR count). The van der Waals surface area contributed by atoms with Crippen molar-refractivity contribution in [1.82, 2.24) is 10.2 Å². The number of para-hydroxylation sites is 3. The molecule has 0 bridgehead atoms. The lowest BCUT2D eigenvalue weighted by atomic mass is 9.98. The van der Waals surface area contributed by atoms with Gasteiger partial charge in [-0.05, 0) is 36.8 Å². The van der Waals surface area contributed by atoms with Crippen molar-refractivity contribution in [3.8, 4) is 5.75 Å². The normalized spacial score (nSPS) is 21.3. The van der Waals surface area contributed by atoms with Crippen LogP contribution in [-0.4, -0.2) is 35.9 Å². The molecule has 1 N–H and O–H groups in total. The molecule has 1 fully saturated rings. The monoisotopic (exact) mass is 481 g/mol. The summed E-state index contributed by atoms with van der Waals surface area (Å²) in [7, 11) is 0. The second kappa shape index (κ2) is 8.27. The third-order valence-corrected chi connectivity index (χ3v) is 6.77. The van der Waals surface area contributed by atoms with Crippen molar-refractivity contribution in [2.75, 3.05) is 18.1 Å². The van der Waals surface area contributed by atoms with Crippen LogP contribution in [0.2, 0.25) is 0 Å². The Morgan fingerprint density at radius 3 is 2.53 bits per heavy atom. The van der Waals surface area contributed by atoms with E-state index in [1.54, 1.807) is 36.1 Å². The molecule has 4 aromatic rings. The van der Waals surface area contributed by atoms with Gasteiger partial charge in [0.1, 0.15) is 30.2 Å². The van der Waals surface area contributed by atoms with Gasteiger partial charge in [-0.25, -0.2) is 4.79 Å². The maximum atomic E-state index is 13.8. The van der Waals surface area contributed by atoms with Crippen molar-refractivity contribution >= 4 is 34.5 Å². The smallest absolute Gasteiger partial charge is 0.325 e. The minimum absolute atomic E-state index is 0.254. The van der Waals surface area contributed by atoms with Crippen molar-refractivity contribution in [2.45, 2.75) is 18.5 Å². The number of carbonyl (C=O) groups excluding carboxylic acids is 3. The average molecular weight is 482 g/mol. The number of ether oxygens (including phenoxy) is 1. The number of benzene rings is 3. The van der Waals surface area contributed by atoms with Gasteiger partial charge in [-0.15, -0.1) is 0 Å². The SMILES string of the molecule is C[C@@]1(c2cc3ccccc3o2)NC(=O)N(CC(=O)N2c3ccccc3OC[C@H]2c2ccccc2)C1=O. The number of nitrogens with zero attached hydrogens (tertiary/aromatic N) is 2. The van der Waals surface area contributed by atoms with Crippen molar-refractivity contribution in [3.05, 3.63) is 96.3 Å². The Balaban J connectivity index is 1.32. The highest BCUT2D eigenvalue weighted by Crippen LogP contribution is 2.40. The minimum atomic E-state index is -1.42. The molecule has 36 heavy (non-hydrogen) atoms. The quantitative estimate of drug-likeness (QED) is 0.437. The summed E-state index contributed by atoms with van der Waals surface area (Å²) in [5, 5.41) is 3.55. The highest BCUT2D eigenvalue weighted by molar-refractivity contribution is 6.11. The molecule has 2 atom stereocenters. The standard InChI is InChI=1S/C28H23N3O5/c1-28(24-15-19-11-5-7-13-22(19)36-24)26(33)30(27(34)29-28)16-25(32)31-20-12-6-8-14-23(20)35-17-21(31)18-9-3-2-4-10-18/h2-15,21H,16-17H2,1H3,(H,29,34)/t21-,28-/m0/s1. The summed E-state index contributed by atoms with van der Waals surface area (Å²) in [6.45, 7) is 1.42. The average Bonchev–Trinajstić information content (AvgIpc) is 3.44. The Hall–Kier alpha value is -4.59. The molecule has 1 saturated heterocycles. The number of urea groups is 1. The van der Waals surface area contributed by atoms with Crippen molar-refractivity contribution in [2.24, 2.45) is 0 Å². The third-order valence-electron chi connectivity index (χ3n) is 6.77. The zero-order valence-corrected chi connectivity index (χ0v) is 19.5. The third kappa shape index (κ3) is 3.41. The molecule has 4 amide bonds. The highest BCUT2D eigenvalue weighted by atomic mass is 16.5. The Labute approximate surface area is 207 Å². The topological polar surface area (TPSA) is 92.1 Å². The lowest BCUT2D eigenvalue weighted by Crippen LogP contribution is -2.48. The van der Waals surface area contributed by atoms with Gasteiger partial charge >= 0.3 is 6.03 Å². The Kier molecular flexibility index (Phi) is 5.03. The predicted octanol–water partition coefficient (Wildman–Crippen LogP) is 4.37. The number of rotatable bonds is 4. The first-order valence-electron chi connectivity index (χ1n) is 11.7. The van der Waals surface area contributed by atoms with Crippen LogP contribution in [0.4, 0.5) is 10.5 Å². The van der Waals surface area contributed by atoms with Crippen molar-refractivity contribution < 1.29 is 23.5 Å². The molecule has 8 nitrogen and oxygen atoms in total. The second-order valence-electron chi connectivity index (χ2n) is 9.06. The van der Waals surface area contributed by atoms with Gasteiger partial charge in [0.2, 0.25) is 5.91 Å². The molecule has 0 spiro atoms. The number of amides is 4. The van der Waals surface area contributed by atoms with Gasteiger partial charge in [0.15, 0.2) is 5.54 Å². The summed E-state index contributed by atoms with van der Waals surface area (Å²) >= 11 is 0. The Morgan fingerprint density at radius 1 is 1.00 bits per heavy atom. The van der Waals surface area contributed by atoms with Crippen LogP contribution in [0, 0.1) is 0 Å². The first-order valence-corrected chi connectivity index (χ1v) is 11.7. The maximum Gasteiger partial charge on any atom is 0.325 e. The second-order valence-corrected chi connectivity index (χ2v) is 9.06. The number of nitrogens with one attached hydrogen (secondary N) is 1. The Morgan fingerprint density at radius 2 is 1.72 bits per heavy atom. The molecular formula is C28H23N3O5. The maximum absolute atomic E-state index is 13.8. The molecule has 0 saturated carbocycles. The highest BCUT2D eigenvalue weighted by Gasteiger charge is 2.52. The summed E-state index contributed by atoms with van der Waals surface area (Å²) in [6.07, 6.45) is 0. The van der Waals surface area contributed by atoms with E-state index in [-0.39, 0.29) is 6.61 Å². The van der Waals surface area contributed by atoms with Crippen LogP contribution >= 0.6 is 0 Å². The van der Waals surface area contributed by atoms with Gasteiger partial charge in [0.25, 0.3) is 5.91 Å². The van der Waals surface area contributed by atoms with Crippen LogP contribution in [-0.2, 0) is 15.1 Å².